The quantitative estimate of drug-likeness (QED) is 0.912. The maximum atomic E-state index is 12.8. The maximum absolute atomic E-state index is 12.8. The predicted molar refractivity (Wildman–Crippen MR) is 86.4 cm³/mol. The second-order valence-electron chi connectivity index (χ2n) is 6.63. The first-order valence-electron chi connectivity index (χ1n) is 8.16. The molecule has 2 aliphatic heterocycles. The molecule has 24 heavy (non-hydrogen) atoms. The van der Waals surface area contributed by atoms with E-state index in [9.17, 15) is 9.59 Å². The topological polar surface area (TPSA) is 75.4 Å². The molecule has 6 nitrogen and oxygen atoms in total. The van der Waals surface area contributed by atoms with Crippen LogP contribution in [0.5, 0.6) is 0 Å². The fraction of sp³-hybridized carbons (Fsp3) is 0.389. The fourth-order valence-electron chi connectivity index (χ4n) is 3.98. The Morgan fingerprint density at radius 3 is 2.79 bits per heavy atom. The molecule has 6 heteroatoms. The van der Waals surface area contributed by atoms with E-state index >= 15 is 0 Å². The van der Waals surface area contributed by atoms with E-state index in [0.717, 1.165) is 12.0 Å². The van der Waals surface area contributed by atoms with Gasteiger partial charge in [0.2, 0.25) is 5.91 Å². The molecule has 2 atom stereocenters. The van der Waals surface area contributed by atoms with Crippen molar-refractivity contribution in [2.45, 2.75) is 19.3 Å². The van der Waals surface area contributed by atoms with Crippen molar-refractivity contribution >= 4 is 11.8 Å². The van der Waals surface area contributed by atoms with Crippen LogP contribution in [-0.4, -0.2) is 41.5 Å². The van der Waals surface area contributed by atoms with Crippen LogP contribution in [0.4, 0.5) is 0 Å². The molecule has 3 heterocycles. The Balaban J connectivity index is 1.68. The summed E-state index contributed by atoms with van der Waals surface area (Å²) in [5.41, 5.74) is 0.853. The zero-order valence-electron chi connectivity index (χ0n) is 13.5. The lowest BCUT2D eigenvalue weighted by atomic mass is 9.73. The van der Waals surface area contributed by atoms with Gasteiger partial charge in [-0.15, -0.1) is 0 Å². The summed E-state index contributed by atoms with van der Waals surface area (Å²) in [4.78, 5) is 27.1. The van der Waals surface area contributed by atoms with Crippen LogP contribution in [0.25, 0.3) is 0 Å². The first kappa shape index (κ1) is 14.9. The molecule has 2 aromatic rings. The number of likely N-dealkylation sites (tertiary alicyclic amines) is 1. The number of nitrogens with zero attached hydrogens (tertiary/aromatic N) is 2. The van der Waals surface area contributed by atoms with Gasteiger partial charge in [0.05, 0.1) is 5.41 Å². The second-order valence-corrected chi connectivity index (χ2v) is 6.63. The maximum Gasteiger partial charge on any atom is 0.276 e. The Kier molecular flexibility index (Phi) is 3.40. The lowest BCUT2D eigenvalue weighted by Crippen LogP contribution is -2.38. The molecule has 2 aliphatic rings. The van der Waals surface area contributed by atoms with Crippen molar-refractivity contribution in [1.82, 2.24) is 15.4 Å². The highest BCUT2D eigenvalue weighted by Gasteiger charge is 2.55. The SMILES string of the molecule is Cc1cc(C(=O)N2C[C@@H](c3ccccc3)[C@@]3(CCNC3=O)C2)no1. The zero-order valence-corrected chi connectivity index (χ0v) is 13.5. The number of aromatic nitrogens is 1. The lowest BCUT2D eigenvalue weighted by Gasteiger charge is -2.26. The van der Waals surface area contributed by atoms with Gasteiger partial charge in [0.15, 0.2) is 5.69 Å². The number of amides is 2. The van der Waals surface area contributed by atoms with Crippen LogP contribution in [0.1, 0.15) is 34.2 Å². The minimum Gasteiger partial charge on any atom is -0.361 e. The average molecular weight is 325 g/mol. The van der Waals surface area contributed by atoms with Crippen LogP contribution in [0.15, 0.2) is 40.9 Å². The molecule has 124 valence electrons. The van der Waals surface area contributed by atoms with Gasteiger partial charge >= 0.3 is 0 Å². The van der Waals surface area contributed by atoms with Crippen LogP contribution in [0, 0.1) is 12.3 Å². The van der Waals surface area contributed by atoms with Gasteiger partial charge in [-0.1, -0.05) is 35.5 Å². The van der Waals surface area contributed by atoms with Crippen molar-refractivity contribution < 1.29 is 14.1 Å². The molecule has 0 bridgehead atoms. The van der Waals surface area contributed by atoms with Crippen molar-refractivity contribution in [2.75, 3.05) is 19.6 Å². The van der Waals surface area contributed by atoms with E-state index < -0.39 is 5.41 Å². The molecule has 0 radical (unpaired) electrons. The molecule has 1 spiro atoms. The first-order chi connectivity index (χ1) is 11.6. The Morgan fingerprint density at radius 1 is 1.38 bits per heavy atom. The highest BCUT2D eigenvalue weighted by Crippen LogP contribution is 2.47. The van der Waals surface area contributed by atoms with Gasteiger partial charge in [-0.05, 0) is 18.9 Å². The van der Waals surface area contributed by atoms with E-state index in [1.807, 2.05) is 30.3 Å². The van der Waals surface area contributed by atoms with Gasteiger partial charge in [-0.25, -0.2) is 0 Å². The minimum atomic E-state index is -0.546. The molecular weight excluding hydrogens is 306 g/mol. The van der Waals surface area contributed by atoms with E-state index in [0.29, 0.717) is 31.1 Å². The largest absolute Gasteiger partial charge is 0.361 e. The summed E-state index contributed by atoms with van der Waals surface area (Å²) in [6, 6.07) is 11.6. The molecule has 2 fully saturated rings. The molecule has 1 aromatic carbocycles. The number of carbonyl (C=O) groups is 2. The number of benzene rings is 1. The normalized spacial score (nSPS) is 26.1. The Bertz CT molecular complexity index is 786. The third-order valence-electron chi connectivity index (χ3n) is 5.19. The third kappa shape index (κ3) is 2.21. The molecule has 1 N–H and O–H groups in total. The van der Waals surface area contributed by atoms with Gasteiger partial charge < -0.3 is 14.7 Å². The molecule has 0 unspecified atom stereocenters. The predicted octanol–water partition coefficient (Wildman–Crippen LogP) is 1.73. The van der Waals surface area contributed by atoms with Crippen molar-refractivity contribution in [3.05, 3.63) is 53.4 Å². The van der Waals surface area contributed by atoms with Crippen LogP contribution in [-0.2, 0) is 4.79 Å². The highest BCUT2D eigenvalue weighted by atomic mass is 16.5. The molecule has 0 saturated carbocycles. The summed E-state index contributed by atoms with van der Waals surface area (Å²) < 4.78 is 5.02. The van der Waals surface area contributed by atoms with Crippen LogP contribution >= 0.6 is 0 Å². The van der Waals surface area contributed by atoms with Gasteiger partial charge in [-0.2, -0.15) is 0 Å². The number of nitrogens with one attached hydrogen (secondary N) is 1. The monoisotopic (exact) mass is 325 g/mol. The zero-order chi connectivity index (χ0) is 16.7. The number of rotatable bonds is 2. The number of hydrogen-bond acceptors (Lipinski definition) is 4. The van der Waals surface area contributed by atoms with Crippen molar-refractivity contribution in [1.29, 1.82) is 0 Å². The van der Waals surface area contributed by atoms with Crippen LogP contribution < -0.4 is 5.32 Å². The summed E-state index contributed by atoms with van der Waals surface area (Å²) in [5.74, 6) is 0.468. The van der Waals surface area contributed by atoms with Crippen LogP contribution in [0.3, 0.4) is 0 Å². The molecule has 4 rings (SSSR count). The molecule has 2 saturated heterocycles. The lowest BCUT2D eigenvalue weighted by molar-refractivity contribution is -0.127. The minimum absolute atomic E-state index is 0.00171. The fourth-order valence-corrected chi connectivity index (χ4v) is 3.98. The van der Waals surface area contributed by atoms with Gasteiger partial charge in [0.25, 0.3) is 5.91 Å². The molecule has 2 amide bonds. The third-order valence-corrected chi connectivity index (χ3v) is 5.19. The highest BCUT2D eigenvalue weighted by molar-refractivity contribution is 5.94. The summed E-state index contributed by atoms with van der Waals surface area (Å²) >= 11 is 0. The van der Waals surface area contributed by atoms with Crippen molar-refractivity contribution in [3.8, 4) is 0 Å². The number of carbonyl (C=O) groups excluding carboxylic acids is 2. The first-order valence-corrected chi connectivity index (χ1v) is 8.16. The summed E-state index contributed by atoms with van der Waals surface area (Å²) in [7, 11) is 0. The number of hydrogen-bond donors (Lipinski definition) is 1. The summed E-state index contributed by atoms with van der Waals surface area (Å²) in [5, 5.41) is 6.77. The molecule has 1 aromatic heterocycles. The van der Waals surface area contributed by atoms with Crippen molar-refractivity contribution in [3.63, 3.8) is 0 Å². The second kappa shape index (κ2) is 5.47. The Morgan fingerprint density at radius 2 is 2.17 bits per heavy atom. The van der Waals surface area contributed by atoms with E-state index in [2.05, 4.69) is 10.5 Å². The summed E-state index contributed by atoms with van der Waals surface area (Å²) in [6.45, 7) is 3.35. The Hall–Kier alpha value is -2.63. The van der Waals surface area contributed by atoms with Crippen molar-refractivity contribution in [2.24, 2.45) is 5.41 Å². The number of aryl methyl sites for hydroxylation is 1. The van der Waals surface area contributed by atoms with E-state index in [1.54, 1.807) is 17.9 Å². The van der Waals surface area contributed by atoms with Gasteiger partial charge in [0, 0.05) is 31.6 Å². The van der Waals surface area contributed by atoms with Gasteiger partial charge in [-0.3, -0.25) is 9.59 Å². The van der Waals surface area contributed by atoms with E-state index in [-0.39, 0.29) is 17.7 Å². The van der Waals surface area contributed by atoms with E-state index in [1.165, 1.54) is 0 Å². The smallest absolute Gasteiger partial charge is 0.276 e. The molecule has 0 aliphatic carbocycles. The standard InChI is InChI=1S/C18H19N3O3/c1-12-9-15(20-24-12)16(22)21-10-14(13-5-3-2-4-6-13)18(11-21)7-8-19-17(18)23/h2-6,9,14H,7-8,10-11H2,1H3,(H,19,23)/t14-,18+/m0/s1. The van der Waals surface area contributed by atoms with E-state index in [4.69, 9.17) is 4.52 Å². The average Bonchev–Trinajstić information content (AvgIpc) is 3.29. The summed E-state index contributed by atoms with van der Waals surface area (Å²) in [6.07, 6.45) is 0.743. The molecular formula is C18H19N3O3. The van der Waals surface area contributed by atoms with Crippen LogP contribution in [0.2, 0.25) is 0 Å². The Labute approximate surface area is 139 Å². The van der Waals surface area contributed by atoms with Gasteiger partial charge in [0.1, 0.15) is 5.76 Å².